The molecule has 5 nitrogen and oxygen atoms in total. The van der Waals surface area contributed by atoms with E-state index >= 15 is 0 Å². The molecule has 29 heavy (non-hydrogen) atoms. The molecule has 0 aliphatic rings. The molecule has 0 radical (unpaired) electrons. The normalized spacial score (nSPS) is 11.9. The fraction of sp³-hybridized carbons (Fsp3) is 0.0455. The van der Waals surface area contributed by atoms with Crippen molar-refractivity contribution in [1.82, 2.24) is 19.1 Å². The molecular weight excluding hydrogens is 407 g/mol. The molecule has 0 unspecified atom stereocenters. The van der Waals surface area contributed by atoms with E-state index in [4.69, 9.17) is 23.2 Å². The zero-order valence-corrected chi connectivity index (χ0v) is 16.9. The smallest absolute Gasteiger partial charge is 0.281 e. The molecule has 0 amide bonds. The number of benzene rings is 1. The molecule has 144 valence electrons. The van der Waals surface area contributed by atoms with E-state index in [1.807, 2.05) is 24.3 Å². The summed E-state index contributed by atoms with van der Waals surface area (Å²) in [6.07, 6.45) is 8.00. The standard InChI is InChI=1S/C22H16Cl2N4O/c1-14(23)9-16(15(2)24)12-28-20-6-4-3-5-17(20)18-10-19(26-11-21(18)28)22(29)27-8-7-25-13-27/h3-11,13H,1-2,12H2/b16-9-. The molecule has 0 saturated heterocycles. The van der Waals surface area contributed by atoms with Gasteiger partial charge in [-0.25, -0.2) is 9.97 Å². The number of hydrogen-bond donors (Lipinski definition) is 0. The molecule has 4 rings (SSSR count). The summed E-state index contributed by atoms with van der Waals surface area (Å²) in [5.41, 5.74) is 2.94. The number of carbonyl (C=O) groups excluding carboxylic acids is 1. The Morgan fingerprint density at radius 3 is 2.62 bits per heavy atom. The van der Waals surface area contributed by atoms with E-state index < -0.39 is 0 Å². The molecule has 3 heterocycles. The summed E-state index contributed by atoms with van der Waals surface area (Å²) < 4.78 is 3.47. The number of pyridine rings is 1. The highest BCUT2D eigenvalue weighted by molar-refractivity contribution is 6.33. The highest BCUT2D eigenvalue weighted by Crippen LogP contribution is 2.31. The van der Waals surface area contributed by atoms with Gasteiger partial charge < -0.3 is 4.57 Å². The van der Waals surface area contributed by atoms with Gasteiger partial charge in [-0.05, 0) is 23.8 Å². The lowest BCUT2D eigenvalue weighted by Gasteiger charge is -2.11. The minimum Gasteiger partial charge on any atom is -0.335 e. The zero-order valence-electron chi connectivity index (χ0n) is 15.3. The van der Waals surface area contributed by atoms with E-state index in [2.05, 4.69) is 27.7 Å². The number of carbonyl (C=O) groups is 1. The van der Waals surface area contributed by atoms with E-state index in [-0.39, 0.29) is 5.91 Å². The molecule has 0 aliphatic carbocycles. The average Bonchev–Trinajstić information content (AvgIpc) is 3.34. The summed E-state index contributed by atoms with van der Waals surface area (Å²) >= 11 is 12.1. The fourth-order valence-electron chi connectivity index (χ4n) is 3.31. The minimum atomic E-state index is -0.241. The van der Waals surface area contributed by atoms with Gasteiger partial charge in [0.25, 0.3) is 5.91 Å². The Hall–Kier alpha value is -3.15. The summed E-state index contributed by atoms with van der Waals surface area (Å²) in [5, 5.41) is 2.68. The third-order valence-corrected chi connectivity index (χ3v) is 4.98. The Morgan fingerprint density at radius 1 is 1.14 bits per heavy atom. The molecule has 0 aliphatic heterocycles. The van der Waals surface area contributed by atoms with Gasteiger partial charge in [-0.2, -0.15) is 0 Å². The highest BCUT2D eigenvalue weighted by Gasteiger charge is 2.16. The predicted molar refractivity (Wildman–Crippen MR) is 117 cm³/mol. The van der Waals surface area contributed by atoms with Crippen LogP contribution in [0.4, 0.5) is 0 Å². The Balaban J connectivity index is 1.90. The first kappa shape index (κ1) is 19.2. The number of halogens is 2. The van der Waals surface area contributed by atoms with Crippen molar-refractivity contribution in [1.29, 1.82) is 0 Å². The van der Waals surface area contributed by atoms with Crippen molar-refractivity contribution >= 4 is 50.9 Å². The van der Waals surface area contributed by atoms with Gasteiger partial charge in [0.15, 0.2) is 0 Å². The maximum absolute atomic E-state index is 12.7. The summed E-state index contributed by atoms with van der Waals surface area (Å²) in [6.45, 7) is 7.98. The Morgan fingerprint density at radius 2 is 1.93 bits per heavy atom. The largest absolute Gasteiger partial charge is 0.335 e. The van der Waals surface area contributed by atoms with Crippen LogP contribution in [0.1, 0.15) is 10.5 Å². The number of hydrogen-bond acceptors (Lipinski definition) is 3. The maximum Gasteiger partial charge on any atom is 0.281 e. The van der Waals surface area contributed by atoms with Crippen LogP contribution in [0.2, 0.25) is 0 Å². The van der Waals surface area contributed by atoms with E-state index in [0.29, 0.717) is 22.3 Å². The Kier molecular flexibility index (Phi) is 5.09. The van der Waals surface area contributed by atoms with Crippen molar-refractivity contribution < 1.29 is 4.79 Å². The number of allylic oxidation sites excluding steroid dienone is 4. The van der Waals surface area contributed by atoms with Gasteiger partial charge in [0, 0.05) is 45.3 Å². The van der Waals surface area contributed by atoms with Gasteiger partial charge in [-0.1, -0.05) is 54.6 Å². The Bertz CT molecular complexity index is 1300. The third kappa shape index (κ3) is 3.62. The number of fused-ring (bicyclic) bond motifs is 3. The van der Waals surface area contributed by atoms with Gasteiger partial charge in [0.2, 0.25) is 0 Å². The lowest BCUT2D eigenvalue weighted by atomic mass is 10.1. The highest BCUT2D eigenvalue weighted by atomic mass is 35.5. The van der Waals surface area contributed by atoms with Gasteiger partial charge in [-0.3, -0.25) is 9.36 Å². The molecule has 0 spiro atoms. The minimum absolute atomic E-state index is 0.241. The van der Waals surface area contributed by atoms with Crippen LogP contribution in [0.25, 0.3) is 21.8 Å². The number of rotatable bonds is 5. The van der Waals surface area contributed by atoms with Crippen molar-refractivity contribution in [3.05, 3.63) is 95.8 Å². The number of nitrogens with zero attached hydrogens (tertiary/aromatic N) is 4. The molecule has 4 aromatic rings. The fourth-order valence-corrected chi connectivity index (χ4v) is 3.56. The first-order valence-corrected chi connectivity index (χ1v) is 9.50. The monoisotopic (exact) mass is 422 g/mol. The molecule has 0 bridgehead atoms. The molecule has 0 N–H and O–H groups in total. The predicted octanol–water partition coefficient (Wildman–Crippen LogP) is 5.51. The lowest BCUT2D eigenvalue weighted by molar-refractivity contribution is 0.0955. The molecule has 0 atom stereocenters. The second kappa shape index (κ2) is 7.70. The quantitative estimate of drug-likeness (QED) is 0.398. The number of imidazole rings is 1. The zero-order chi connectivity index (χ0) is 20.5. The van der Waals surface area contributed by atoms with Crippen LogP contribution in [0.5, 0.6) is 0 Å². The summed E-state index contributed by atoms with van der Waals surface area (Å²) in [5.74, 6) is -0.241. The van der Waals surface area contributed by atoms with Crippen LogP contribution >= 0.6 is 23.2 Å². The molecule has 0 fully saturated rings. The molecule has 1 aromatic carbocycles. The second-order valence-corrected chi connectivity index (χ2v) is 7.43. The number of para-hydroxylation sites is 1. The maximum atomic E-state index is 12.7. The average molecular weight is 423 g/mol. The molecule has 7 heteroatoms. The van der Waals surface area contributed by atoms with E-state index in [1.54, 1.807) is 30.7 Å². The van der Waals surface area contributed by atoms with Crippen LogP contribution in [0.15, 0.2) is 90.1 Å². The van der Waals surface area contributed by atoms with Crippen molar-refractivity contribution in [3.8, 4) is 0 Å². The van der Waals surface area contributed by atoms with Gasteiger partial charge in [0.1, 0.15) is 12.0 Å². The van der Waals surface area contributed by atoms with Crippen molar-refractivity contribution in [2.45, 2.75) is 6.54 Å². The summed E-state index contributed by atoms with van der Waals surface area (Å²) in [6, 6.07) is 9.75. The van der Waals surface area contributed by atoms with E-state index in [9.17, 15) is 4.79 Å². The summed E-state index contributed by atoms with van der Waals surface area (Å²) in [4.78, 5) is 21.0. The van der Waals surface area contributed by atoms with Crippen LogP contribution in [-0.2, 0) is 6.54 Å². The van der Waals surface area contributed by atoms with Crippen molar-refractivity contribution in [2.75, 3.05) is 0 Å². The van der Waals surface area contributed by atoms with E-state index in [1.165, 1.54) is 10.9 Å². The van der Waals surface area contributed by atoms with Crippen molar-refractivity contribution in [3.63, 3.8) is 0 Å². The van der Waals surface area contributed by atoms with Gasteiger partial charge in [-0.15, -0.1) is 0 Å². The molecule has 0 saturated carbocycles. The molecular formula is C22H16Cl2N4O. The van der Waals surface area contributed by atoms with Crippen LogP contribution < -0.4 is 0 Å². The van der Waals surface area contributed by atoms with Gasteiger partial charge in [0.05, 0.1) is 11.7 Å². The summed E-state index contributed by atoms with van der Waals surface area (Å²) in [7, 11) is 0. The SMILES string of the molecule is C=C(Cl)/C=C(/Cn1c2ccccc2c2cc(C(=O)n3ccnc3)ncc21)C(=C)Cl. The van der Waals surface area contributed by atoms with Crippen LogP contribution in [0, 0.1) is 0 Å². The lowest BCUT2D eigenvalue weighted by Crippen LogP contribution is -2.11. The Labute approximate surface area is 177 Å². The topological polar surface area (TPSA) is 52.7 Å². The first-order valence-electron chi connectivity index (χ1n) is 8.75. The van der Waals surface area contributed by atoms with Crippen LogP contribution in [0.3, 0.4) is 0 Å². The molecule has 3 aromatic heterocycles. The van der Waals surface area contributed by atoms with Crippen LogP contribution in [-0.4, -0.2) is 25.0 Å². The number of aromatic nitrogens is 4. The van der Waals surface area contributed by atoms with Crippen molar-refractivity contribution in [2.24, 2.45) is 0 Å². The second-order valence-electron chi connectivity index (χ2n) is 6.49. The first-order chi connectivity index (χ1) is 14.0. The third-order valence-electron chi connectivity index (χ3n) is 4.62. The van der Waals surface area contributed by atoms with E-state index in [0.717, 1.165) is 27.4 Å². The van der Waals surface area contributed by atoms with Gasteiger partial charge >= 0.3 is 0 Å².